The molecule has 3 aliphatic rings. The molecule has 1 saturated heterocycles. The summed E-state index contributed by atoms with van der Waals surface area (Å²) in [7, 11) is -2.32. The van der Waals surface area contributed by atoms with Gasteiger partial charge in [-0.1, -0.05) is 86.6 Å². The van der Waals surface area contributed by atoms with Crippen LogP contribution in [0.1, 0.15) is 12.8 Å². The second-order valence-electron chi connectivity index (χ2n) is 6.63. The van der Waals surface area contributed by atoms with Gasteiger partial charge in [-0.25, -0.2) is 0 Å². The minimum atomic E-state index is -1.16. The first-order valence-electron chi connectivity index (χ1n) is 7.37. The average Bonchev–Trinajstić information content (AvgIpc) is 3.05. The summed E-state index contributed by atoms with van der Waals surface area (Å²) < 4.78 is 0. The smallest absolute Gasteiger partial charge is 0.0572 e. The zero-order chi connectivity index (χ0) is 12.6. The normalized spacial score (nSPS) is 40.1. The standard InChI is InChI=1S/C16H24Si2/c1-17(15-9-3-4-10-15)13-7-8-14-18(17,2)16-11-5-6-12-16/h3-6,9-12,15-16H,7-8,13-14H2,1-2H3. The molecule has 2 heteroatoms. The molecule has 1 fully saturated rings. The molecule has 1 aliphatic heterocycles. The monoisotopic (exact) mass is 272 g/mol. The predicted molar refractivity (Wildman–Crippen MR) is 86.1 cm³/mol. The Morgan fingerprint density at radius 3 is 1.33 bits per heavy atom. The first kappa shape index (κ1) is 12.4. The second kappa shape index (κ2) is 4.50. The Kier molecular flexibility index (Phi) is 3.10. The van der Waals surface area contributed by atoms with Crippen LogP contribution in [-0.2, 0) is 0 Å². The van der Waals surface area contributed by atoms with Crippen LogP contribution in [0.25, 0.3) is 0 Å². The van der Waals surface area contributed by atoms with Crippen LogP contribution in [0.2, 0.25) is 36.3 Å². The summed E-state index contributed by atoms with van der Waals surface area (Å²) in [6.07, 6.45) is 22.1. The molecule has 0 amide bonds. The van der Waals surface area contributed by atoms with Crippen molar-refractivity contribution in [2.24, 2.45) is 0 Å². The Balaban J connectivity index is 1.98. The predicted octanol–water partition coefficient (Wildman–Crippen LogP) is 5.01. The van der Waals surface area contributed by atoms with E-state index in [2.05, 4.69) is 61.7 Å². The Hall–Kier alpha value is -0.606. The first-order chi connectivity index (χ1) is 8.67. The third-order valence-corrected chi connectivity index (χ3v) is 26.3. The fourth-order valence-electron chi connectivity index (χ4n) is 4.36. The van der Waals surface area contributed by atoms with Crippen molar-refractivity contribution in [3.05, 3.63) is 48.6 Å². The fraction of sp³-hybridized carbons (Fsp3) is 0.500. The van der Waals surface area contributed by atoms with E-state index in [1.807, 2.05) is 0 Å². The molecule has 1 heterocycles. The molecule has 0 radical (unpaired) electrons. The lowest BCUT2D eigenvalue weighted by molar-refractivity contribution is 0.823. The molecule has 96 valence electrons. The van der Waals surface area contributed by atoms with Gasteiger partial charge in [-0.3, -0.25) is 0 Å². The lowest BCUT2D eigenvalue weighted by atomic mass is 10.4. The van der Waals surface area contributed by atoms with E-state index in [9.17, 15) is 0 Å². The molecule has 0 aromatic heterocycles. The van der Waals surface area contributed by atoms with Gasteiger partial charge in [-0.2, -0.15) is 0 Å². The summed E-state index contributed by atoms with van der Waals surface area (Å²) in [6, 6.07) is 3.13. The highest BCUT2D eigenvalue weighted by molar-refractivity contribution is 7.43. The SMILES string of the molecule is C[Si]1(C2C=CC=C2)CCCC[Si]1(C)C1C=CC=C1. The summed E-state index contributed by atoms with van der Waals surface area (Å²) in [6.45, 7) is 5.45. The minimum Gasteiger partial charge on any atom is -0.0806 e. The van der Waals surface area contributed by atoms with Crippen molar-refractivity contribution in [1.82, 2.24) is 0 Å². The Morgan fingerprint density at radius 1 is 0.667 bits per heavy atom. The van der Waals surface area contributed by atoms with Crippen LogP contribution in [0.3, 0.4) is 0 Å². The van der Waals surface area contributed by atoms with Gasteiger partial charge in [-0.15, -0.1) is 0 Å². The van der Waals surface area contributed by atoms with E-state index in [0.717, 1.165) is 11.1 Å². The molecule has 0 aromatic carbocycles. The maximum atomic E-state index is 2.73. The summed E-state index contributed by atoms with van der Waals surface area (Å²) in [5.74, 6) is 0. The van der Waals surface area contributed by atoms with Gasteiger partial charge in [0.05, 0.1) is 15.2 Å². The van der Waals surface area contributed by atoms with Gasteiger partial charge in [0, 0.05) is 0 Å². The summed E-state index contributed by atoms with van der Waals surface area (Å²) in [4.78, 5) is 0. The van der Waals surface area contributed by atoms with Gasteiger partial charge < -0.3 is 0 Å². The molecule has 0 bridgehead atoms. The lowest BCUT2D eigenvalue weighted by Crippen LogP contribution is -2.64. The van der Waals surface area contributed by atoms with Gasteiger partial charge in [0.15, 0.2) is 0 Å². The highest BCUT2D eigenvalue weighted by atomic mass is 29.3. The number of allylic oxidation sites excluding steroid dienone is 8. The van der Waals surface area contributed by atoms with Crippen molar-refractivity contribution in [2.75, 3.05) is 0 Å². The van der Waals surface area contributed by atoms with Crippen LogP contribution in [0.4, 0.5) is 0 Å². The second-order valence-corrected chi connectivity index (χ2v) is 21.5. The molecule has 0 nitrogen and oxygen atoms in total. The van der Waals surface area contributed by atoms with E-state index < -0.39 is 15.2 Å². The highest BCUT2D eigenvalue weighted by Crippen LogP contribution is 2.51. The van der Waals surface area contributed by atoms with Crippen LogP contribution < -0.4 is 0 Å². The van der Waals surface area contributed by atoms with Crippen molar-refractivity contribution in [1.29, 1.82) is 0 Å². The Morgan fingerprint density at radius 2 is 1.00 bits per heavy atom. The van der Waals surface area contributed by atoms with E-state index >= 15 is 0 Å². The van der Waals surface area contributed by atoms with E-state index in [1.165, 1.54) is 12.8 Å². The molecular weight excluding hydrogens is 248 g/mol. The third-order valence-electron chi connectivity index (χ3n) is 5.91. The molecule has 0 aromatic rings. The van der Waals surface area contributed by atoms with Crippen molar-refractivity contribution in [3.63, 3.8) is 0 Å². The van der Waals surface area contributed by atoms with E-state index in [1.54, 1.807) is 12.1 Å². The van der Waals surface area contributed by atoms with Gasteiger partial charge in [-0.05, 0) is 11.1 Å². The van der Waals surface area contributed by atoms with E-state index in [4.69, 9.17) is 0 Å². The maximum absolute atomic E-state index is 2.73. The zero-order valence-corrected chi connectivity index (χ0v) is 13.6. The van der Waals surface area contributed by atoms with Gasteiger partial charge >= 0.3 is 0 Å². The van der Waals surface area contributed by atoms with Crippen LogP contribution >= 0.6 is 0 Å². The van der Waals surface area contributed by atoms with Crippen molar-refractivity contribution >= 4 is 15.2 Å². The summed E-state index contributed by atoms with van der Waals surface area (Å²) >= 11 is 0. The molecule has 2 aliphatic carbocycles. The molecule has 0 spiro atoms. The van der Waals surface area contributed by atoms with Gasteiger partial charge in [0.2, 0.25) is 0 Å². The quantitative estimate of drug-likeness (QED) is 0.620. The van der Waals surface area contributed by atoms with Crippen LogP contribution in [0.5, 0.6) is 0 Å². The third kappa shape index (κ3) is 1.69. The zero-order valence-electron chi connectivity index (χ0n) is 11.6. The molecule has 2 atom stereocenters. The molecular formula is C16H24Si2. The average molecular weight is 273 g/mol. The molecule has 0 N–H and O–H groups in total. The number of hydrogen-bond acceptors (Lipinski definition) is 0. The lowest BCUT2D eigenvalue weighted by Gasteiger charge is -2.52. The van der Waals surface area contributed by atoms with E-state index in [-0.39, 0.29) is 0 Å². The largest absolute Gasteiger partial charge is 0.0806 e. The van der Waals surface area contributed by atoms with Crippen LogP contribution in [0, 0.1) is 0 Å². The summed E-state index contributed by atoms with van der Waals surface area (Å²) in [5.41, 5.74) is 1.66. The molecule has 2 unspecified atom stereocenters. The fourth-order valence-corrected chi connectivity index (χ4v) is 22.0. The molecule has 3 rings (SSSR count). The van der Waals surface area contributed by atoms with Crippen LogP contribution in [0.15, 0.2) is 48.6 Å². The number of rotatable bonds is 2. The Labute approximate surface area is 113 Å². The van der Waals surface area contributed by atoms with Crippen LogP contribution in [-0.4, -0.2) is 15.2 Å². The van der Waals surface area contributed by atoms with Crippen molar-refractivity contribution in [3.8, 4) is 0 Å². The van der Waals surface area contributed by atoms with Gasteiger partial charge in [0.1, 0.15) is 0 Å². The highest BCUT2D eigenvalue weighted by Gasteiger charge is 2.55. The van der Waals surface area contributed by atoms with Crippen molar-refractivity contribution in [2.45, 2.75) is 49.1 Å². The topological polar surface area (TPSA) is 0 Å². The van der Waals surface area contributed by atoms with Gasteiger partial charge in [0.25, 0.3) is 0 Å². The number of hydrogen-bond donors (Lipinski definition) is 0. The Bertz CT molecular complexity index is 380. The minimum absolute atomic E-state index is 0.830. The van der Waals surface area contributed by atoms with E-state index in [0.29, 0.717) is 0 Å². The molecule has 0 saturated carbocycles. The maximum Gasteiger partial charge on any atom is 0.0572 e. The molecule has 18 heavy (non-hydrogen) atoms. The van der Waals surface area contributed by atoms with Crippen molar-refractivity contribution < 1.29 is 0 Å². The summed E-state index contributed by atoms with van der Waals surface area (Å²) in [5, 5.41) is 0. The first-order valence-corrected chi connectivity index (χ1v) is 13.9.